The second kappa shape index (κ2) is 6.43. The molecule has 1 unspecified atom stereocenters. The van der Waals surface area contributed by atoms with Crippen molar-refractivity contribution in [3.05, 3.63) is 30.6 Å². The molecule has 0 aromatic carbocycles. The van der Waals surface area contributed by atoms with Crippen LogP contribution in [0.1, 0.15) is 18.5 Å². The van der Waals surface area contributed by atoms with Crippen LogP contribution in [0.5, 0.6) is 0 Å². The molecule has 3 N–H and O–H groups in total. The van der Waals surface area contributed by atoms with Crippen molar-refractivity contribution in [2.75, 3.05) is 13.1 Å². The van der Waals surface area contributed by atoms with E-state index in [1.165, 1.54) is 6.08 Å². The highest BCUT2D eigenvalue weighted by molar-refractivity contribution is 5.80. The number of urea groups is 1. The molecule has 98 valence electrons. The Morgan fingerprint density at radius 3 is 2.94 bits per heavy atom. The molecule has 0 saturated carbocycles. The molecular formula is C11H16N4O3. The lowest BCUT2D eigenvalue weighted by molar-refractivity contribution is -0.137. The number of hydrogen-bond donors (Lipinski definition) is 3. The molecule has 0 saturated heterocycles. The van der Waals surface area contributed by atoms with Crippen molar-refractivity contribution < 1.29 is 14.7 Å². The lowest BCUT2D eigenvalue weighted by Gasteiger charge is -2.22. The van der Waals surface area contributed by atoms with E-state index in [1.807, 2.05) is 0 Å². The van der Waals surface area contributed by atoms with Gasteiger partial charge in [-0.05, 0) is 6.92 Å². The van der Waals surface area contributed by atoms with Crippen molar-refractivity contribution in [1.82, 2.24) is 20.4 Å². The minimum Gasteiger partial charge on any atom is -0.480 e. The zero-order valence-electron chi connectivity index (χ0n) is 10.1. The van der Waals surface area contributed by atoms with E-state index in [-0.39, 0.29) is 19.1 Å². The van der Waals surface area contributed by atoms with Crippen LogP contribution in [0.3, 0.4) is 0 Å². The molecule has 0 radical (unpaired) electrons. The zero-order valence-corrected chi connectivity index (χ0v) is 10.1. The van der Waals surface area contributed by atoms with E-state index in [0.717, 1.165) is 10.5 Å². The number of carbonyl (C=O) groups excluding carboxylic acids is 1. The minimum absolute atomic E-state index is 0.177. The maximum atomic E-state index is 11.8. The summed E-state index contributed by atoms with van der Waals surface area (Å²) in [5, 5.41) is 17.8. The first kappa shape index (κ1) is 13.8. The second-order valence-electron chi connectivity index (χ2n) is 3.77. The summed E-state index contributed by atoms with van der Waals surface area (Å²) in [6.45, 7) is 5.09. The van der Waals surface area contributed by atoms with Crippen LogP contribution >= 0.6 is 0 Å². The fraction of sp³-hybridized carbons (Fsp3) is 0.364. The van der Waals surface area contributed by atoms with Crippen LogP contribution in [0, 0.1) is 0 Å². The molecule has 7 nitrogen and oxygen atoms in total. The standard InChI is InChI=1S/C11H16N4O3/c1-3-4-15(7-10(16)17)11(18)14-8(2)9-5-12-13-6-9/h3,5-6,8H,1,4,7H2,2H3,(H,12,13)(H,14,18)(H,16,17). The van der Waals surface area contributed by atoms with Crippen molar-refractivity contribution in [3.63, 3.8) is 0 Å². The molecule has 18 heavy (non-hydrogen) atoms. The molecule has 0 aliphatic carbocycles. The van der Waals surface area contributed by atoms with Gasteiger partial charge in [-0.3, -0.25) is 9.89 Å². The molecule has 1 aromatic heterocycles. The predicted octanol–water partition coefficient (Wildman–Crippen LogP) is 0.753. The zero-order chi connectivity index (χ0) is 13.5. The molecular weight excluding hydrogens is 236 g/mol. The molecule has 0 aliphatic heterocycles. The number of carbonyl (C=O) groups is 2. The number of hydrogen-bond acceptors (Lipinski definition) is 3. The average Bonchev–Trinajstić information content (AvgIpc) is 2.81. The largest absolute Gasteiger partial charge is 0.480 e. The normalized spacial score (nSPS) is 11.6. The first-order chi connectivity index (χ1) is 8.54. The first-order valence-corrected chi connectivity index (χ1v) is 5.41. The lowest BCUT2D eigenvalue weighted by atomic mass is 10.2. The third-order valence-corrected chi connectivity index (χ3v) is 2.32. The summed E-state index contributed by atoms with van der Waals surface area (Å²) in [7, 11) is 0. The quantitative estimate of drug-likeness (QED) is 0.651. The second-order valence-corrected chi connectivity index (χ2v) is 3.77. The maximum Gasteiger partial charge on any atom is 0.323 e. The van der Waals surface area contributed by atoms with Crippen LogP contribution in [0.25, 0.3) is 0 Å². The van der Waals surface area contributed by atoms with Crippen LogP contribution in [0.15, 0.2) is 25.0 Å². The van der Waals surface area contributed by atoms with Crippen LogP contribution in [-0.2, 0) is 4.79 Å². The van der Waals surface area contributed by atoms with E-state index in [2.05, 4.69) is 22.1 Å². The van der Waals surface area contributed by atoms with E-state index >= 15 is 0 Å². The summed E-state index contributed by atoms with van der Waals surface area (Å²) >= 11 is 0. The molecule has 1 aromatic rings. The van der Waals surface area contributed by atoms with Crippen molar-refractivity contribution in [2.24, 2.45) is 0 Å². The van der Waals surface area contributed by atoms with E-state index in [4.69, 9.17) is 5.11 Å². The van der Waals surface area contributed by atoms with Gasteiger partial charge in [0.2, 0.25) is 0 Å². The Balaban J connectivity index is 2.60. The van der Waals surface area contributed by atoms with Crippen LogP contribution in [0.4, 0.5) is 4.79 Å². The van der Waals surface area contributed by atoms with E-state index in [1.54, 1.807) is 19.3 Å². The number of carboxylic acid groups (broad SMARTS) is 1. The smallest absolute Gasteiger partial charge is 0.323 e. The number of amides is 2. The van der Waals surface area contributed by atoms with Crippen molar-refractivity contribution in [2.45, 2.75) is 13.0 Å². The Morgan fingerprint density at radius 2 is 2.44 bits per heavy atom. The van der Waals surface area contributed by atoms with Gasteiger partial charge in [-0.15, -0.1) is 6.58 Å². The van der Waals surface area contributed by atoms with Gasteiger partial charge in [0.15, 0.2) is 0 Å². The number of aliphatic carboxylic acids is 1. The molecule has 0 aliphatic rings. The first-order valence-electron chi connectivity index (χ1n) is 5.41. The van der Waals surface area contributed by atoms with E-state index < -0.39 is 12.0 Å². The third kappa shape index (κ3) is 3.93. The monoisotopic (exact) mass is 252 g/mol. The summed E-state index contributed by atoms with van der Waals surface area (Å²) in [5.41, 5.74) is 0.817. The Hall–Kier alpha value is -2.31. The lowest BCUT2D eigenvalue weighted by Crippen LogP contribution is -2.43. The Morgan fingerprint density at radius 1 is 1.72 bits per heavy atom. The van der Waals surface area contributed by atoms with Gasteiger partial charge < -0.3 is 15.3 Å². The SMILES string of the molecule is C=CCN(CC(=O)O)C(=O)NC(C)c1cn[nH]c1. The Kier molecular flexibility index (Phi) is 4.91. The van der Waals surface area contributed by atoms with Crippen LogP contribution in [0.2, 0.25) is 0 Å². The molecule has 7 heteroatoms. The highest BCUT2D eigenvalue weighted by Gasteiger charge is 2.18. The van der Waals surface area contributed by atoms with Gasteiger partial charge in [-0.25, -0.2) is 4.79 Å². The van der Waals surface area contributed by atoms with E-state index in [0.29, 0.717) is 0 Å². The predicted molar refractivity (Wildman–Crippen MR) is 64.9 cm³/mol. The molecule has 0 fully saturated rings. The molecule has 1 rings (SSSR count). The van der Waals surface area contributed by atoms with Gasteiger partial charge in [0.1, 0.15) is 6.54 Å². The van der Waals surface area contributed by atoms with Gasteiger partial charge in [-0.2, -0.15) is 5.10 Å². The van der Waals surface area contributed by atoms with Crippen molar-refractivity contribution >= 4 is 12.0 Å². The van der Waals surface area contributed by atoms with Crippen LogP contribution < -0.4 is 5.32 Å². The Labute approximate surface area is 104 Å². The number of H-pyrrole nitrogens is 1. The maximum absolute atomic E-state index is 11.8. The summed E-state index contributed by atoms with van der Waals surface area (Å²) in [6.07, 6.45) is 4.74. The number of aromatic amines is 1. The number of aromatic nitrogens is 2. The number of rotatable bonds is 6. The third-order valence-electron chi connectivity index (χ3n) is 2.32. The number of nitrogens with zero attached hydrogens (tertiary/aromatic N) is 2. The summed E-state index contributed by atoms with van der Waals surface area (Å²) in [5.74, 6) is -1.07. The van der Waals surface area contributed by atoms with Crippen molar-refractivity contribution in [1.29, 1.82) is 0 Å². The summed E-state index contributed by atoms with van der Waals surface area (Å²) in [4.78, 5) is 23.6. The number of carboxylic acids is 1. The fourth-order valence-electron chi connectivity index (χ4n) is 1.40. The van der Waals surface area contributed by atoms with Gasteiger partial charge >= 0.3 is 12.0 Å². The van der Waals surface area contributed by atoms with Gasteiger partial charge in [0.05, 0.1) is 12.2 Å². The van der Waals surface area contributed by atoms with Crippen LogP contribution in [-0.4, -0.2) is 45.3 Å². The topological polar surface area (TPSA) is 98.3 Å². The molecule has 0 spiro atoms. The minimum atomic E-state index is -1.07. The van der Waals surface area contributed by atoms with E-state index in [9.17, 15) is 9.59 Å². The Bertz CT molecular complexity index is 416. The van der Waals surface area contributed by atoms with Gasteiger partial charge in [-0.1, -0.05) is 6.08 Å². The highest BCUT2D eigenvalue weighted by atomic mass is 16.4. The average molecular weight is 252 g/mol. The molecule has 0 bridgehead atoms. The van der Waals surface area contributed by atoms with Gasteiger partial charge in [0.25, 0.3) is 0 Å². The molecule has 1 atom stereocenters. The van der Waals surface area contributed by atoms with Gasteiger partial charge in [0, 0.05) is 18.3 Å². The molecule has 1 heterocycles. The fourth-order valence-corrected chi connectivity index (χ4v) is 1.40. The summed E-state index contributed by atoms with van der Waals surface area (Å²) < 4.78 is 0. The highest BCUT2D eigenvalue weighted by Crippen LogP contribution is 2.09. The summed E-state index contributed by atoms with van der Waals surface area (Å²) in [6, 6.07) is -0.705. The molecule has 2 amide bonds. The van der Waals surface area contributed by atoms with Crippen molar-refractivity contribution in [3.8, 4) is 0 Å². The number of nitrogens with one attached hydrogen (secondary N) is 2.